The van der Waals surface area contributed by atoms with Crippen LogP contribution in [0.15, 0.2) is 71.6 Å². The molecular weight excluding hydrogens is 444 g/mol. The lowest BCUT2D eigenvalue weighted by molar-refractivity contribution is -0.123. The molecule has 1 atom stereocenters. The second kappa shape index (κ2) is 12.0. The standard InChI is InChI=1S/C27H30N4O4/c32-25-12-11-21(20-5-2-1-3-6-20)13-15-30-26(33)18-31(16-4-14-29-25)27(34)23-9-7-22(8-10-23)24-17-28-19-35-24/h1-3,5-10,17,19,21H,4,11-16,18H2,(H,29,32)(H,30,33). The summed E-state index contributed by atoms with van der Waals surface area (Å²) in [6, 6.07) is 17.1. The third-order valence-electron chi connectivity index (χ3n) is 6.20. The number of hydrogen-bond donors (Lipinski definition) is 2. The fourth-order valence-corrected chi connectivity index (χ4v) is 4.28. The van der Waals surface area contributed by atoms with Crippen molar-refractivity contribution in [3.05, 3.63) is 78.3 Å². The Morgan fingerprint density at radius 1 is 0.943 bits per heavy atom. The van der Waals surface area contributed by atoms with E-state index in [1.807, 2.05) is 18.2 Å². The van der Waals surface area contributed by atoms with Gasteiger partial charge in [-0.05, 0) is 42.9 Å². The molecule has 0 spiro atoms. The molecule has 8 nitrogen and oxygen atoms in total. The molecule has 1 aliphatic rings. The summed E-state index contributed by atoms with van der Waals surface area (Å²) in [5.74, 6) is 0.374. The normalized spacial score (nSPS) is 18.3. The zero-order valence-electron chi connectivity index (χ0n) is 19.6. The molecule has 4 rings (SSSR count). The van der Waals surface area contributed by atoms with Crippen LogP contribution in [0.1, 0.15) is 47.5 Å². The number of amides is 3. The van der Waals surface area contributed by atoms with Gasteiger partial charge in [0.25, 0.3) is 5.91 Å². The molecule has 0 bridgehead atoms. The first-order chi connectivity index (χ1) is 17.1. The van der Waals surface area contributed by atoms with Gasteiger partial charge in [-0.25, -0.2) is 4.98 Å². The molecule has 182 valence electrons. The Kier molecular flexibility index (Phi) is 8.27. The Bertz CT molecular complexity index is 1110. The first-order valence-corrected chi connectivity index (χ1v) is 12.0. The van der Waals surface area contributed by atoms with Crippen molar-refractivity contribution in [3.63, 3.8) is 0 Å². The number of rotatable bonds is 3. The van der Waals surface area contributed by atoms with Crippen molar-refractivity contribution in [3.8, 4) is 11.3 Å². The first-order valence-electron chi connectivity index (χ1n) is 12.0. The Hall–Kier alpha value is -3.94. The molecule has 2 aromatic carbocycles. The highest BCUT2D eigenvalue weighted by molar-refractivity contribution is 5.96. The van der Waals surface area contributed by atoms with E-state index in [0.29, 0.717) is 43.8 Å². The van der Waals surface area contributed by atoms with Crippen molar-refractivity contribution >= 4 is 17.7 Å². The van der Waals surface area contributed by atoms with E-state index in [9.17, 15) is 14.4 Å². The van der Waals surface area contributed by atoms with E-state index in [1.54, 1.807) is 30.5 Å². The molecule has 0 aliphatic carbocycles. The van der Waals surface area contributed by atoms with Crippen molar-refractivity contribution in [2.24, 2.45) is 0 Å². The van der Waals surface area contributed by atoms with E-state index in [1.165, 1.54) is 11.3 Å². The predicted molar refractivity (Wildman–Crippen MR) is 132 cm³/mol. The lowest BCUT2D eigenvalue weighted by Crippen LogP contribution is -2.42. The van der Waals surface area contributed by atoms with Gasteiger partial charge < -0.3 is 20.0 Å². The van der Waals surface area contributed by atoms with Crippen molar-refractivity contribution in [1.29, 1.82) is 0 Å². The molecular formula is C27H30N4O4. The molecule has 1 fully saturated rings. The number of hydrogen-bond acceptors (Lipinski definition) is 5. The molecule has 1 unspecified atom stereocenters. The topological polar surface area (TPSA) is 105 Å². The third kappa shape index (κ3) is 6.79. The van der Waals surface area contributed by atoms with Gasteiger partial charge in [0.2, 0.25) is 11.8 Å². The highest BCUT2D eigenvalue weighted by atomic mass is 16.3. The van der Waals surface area contributed by atoms with Crippen LogP contribution in [0.25, 0.3) is 11.3 Å². The molecule has 3 amide bonds. The van der Waals surface area contributed by atoms with Crippen LogP contribution in [0.3, 0.4) is 0 Å². The van der Waals surface area contributed by atoms with Crippen LogP contribution in [0.2, 0.25) is 0 Å². The molecule has 0 radical (unpaired) electrons. The van der Waals surface area contributed by atoms with Gasteiger partial charge in [0.15, 0.2) is 12.2 Å². The van der Waals surface area contributed by atoms with Gasteiger partial charge in [0.05, 0.1) is 12.7 Å². The van der Waals surface area contributed by atoms with Crippen LogP contribution in [0.4, 0.5) is 0 Å². The number of carbonyl (C=O) groups is 3. The Morgan fingerprint density at radius 3 is 2.46 bits per heavy atom. The molecule has 1 aliphatic heterocycles. The van der Waals surface area contributed by atoms with Crippen LogP contribution < -0.4 is 10.6 Å². The largest absolute Gasteiger partial charge is 0.444 e. The maximum absolute atomic E-state index is 13.2. The summed E-state index contributed by atoms with van der Waals surface area (Å²) < 4.78 is 5.30. The molecule has 0 saturated carbocycles. The van der Waals surface area contributed by atoms with Gasteiger partial charge in [-0.15, -0.1) is 0 Å². The summed E-state index contributed by atoms with van der Waals surface area (Å²) in [5, 5.41) is 5.91. The zero-order chi connectivity index (χ0) is 24.5. The van der Waals surface area contributed by atoms with E-state index in [2.05, 4.69) is 27.8 Å². The quantitative estimate of drug-likeness (QED) is 0.606. The van der Waals surface area contributed by atoms with Crippen LogP contribution >= 0.6 is 0 Å². The van der Waals surface area contributed by atoms with Crippen LogP contribution in [-0.4, -0.2) is 53.8 Å². The van der Waals surface area contributed by atoms with Crippen LogP contribution in [0, 0.1) is 0 Å². The predicted octanol–water partition coefficient (Wildman–Crippen LogP) is 3.37. The lowest BCUT2D eigenvalue weighted by atomic mass is 9.91. The van der Waals surface area contributed by atoms with Gasteiger partial charge in [0.1, 0.15) is 0 Å². The lowest BCUT2D eigenvalue weighted by Gasteiger charge is -2.24. The van der Waals surface area contributed by atoms with Crippen molar-refractivity contribution in [2.75, 3.05) is 26.2 Å². The molecule has 3 aromatic rings. The number of benzene rings is 2. The molecule has 2 heterocycles. The average Bonchev–Trinajstić information content (AvgIpc) is 3.43. The molecule has 2 N–H and O–H groups in total. The van der Waals surface area contributed by atoms with Crippen molar-refractivity contribution < 1.29 is 18.8 Å². The zero-order valence-corrected chi connectivity index (χ0v) is 19.6. The summed E-state index contributed by atoms with van der Waals surface area (Å²) in [6.07, 6.45) is 5.39. The number of carbonyl (C=O) groups excluding carboxylic acids is 3. The van der Waals surface area contributed by atoms with Gasteiger partial charge in [-0.2, -0.15) is 0 Å². The molecule has 1 aromatic heterocycles. The first kappa shape index (κ1) is 24.2. The minimum absolute atomic E-state index is 0.00732. The summed E-state index contributed by atoms with van der Waals surface area (Å²) in [4.78, 5) is 43.7. The molecule has 1 saturated heterocycles. The average molecular weight is 475 g/mol. The number of nitrogens with one attached hydrogen (secondary N) is 2. The van der Waals surface area contributed by atoms with Crippen molar-refractivity contribution in [2.45, 2.75) is 31.6 Å². The monoisotopic (exact) mass is 474 g/mol. The number of oxazole rings is 1. The van der Waals surface area contributed by atoms with Gasteiger partial charge in [-0.3, -0.25) is 14.4 Å². The van der Waals surface area contributed by atoms with Crippen LogP contribution in [-0.2, 0) is 9.59 Å². The van der Waals surface area contributed by atoms with E-state index in [4.69, 9.17) is 4.42 Å². The SMILES string of the molecule is O=C1CCC(c2ccccc2)CCNC(=O)CN(C(=O)c2ccc(-c3cnco3)cc2)CCCN1. The Balaban J connectivity index is 1.43. The minimum atomic E-state index is -0.232. The van der Waals surface area contributed by atoms with Crippen LogP contribution in [0.5, 0.6) is 0 Å². The Morgan fingerprint density at radius 2 is 1.71 bits per heavy atom. The summed E-state index contributed by atoms with van der Waals surface area (Å²) in [7, 11) is 0. The maximum Gasteiger partial charge on any atom is 0.254 e. The van der Waals surface area contributed by atoms with Gasteiger partial charge in [-0.1, -0.05) is 42.5 Å². The van der Waals surface area contributed by atoms with Gasteiger partial charge in [0, 0.05) is 37.2 Å². The fraction of sp³-hybridized carbons (Fsp3) is 0.333. The molecule has 8 heteroatoms. The van der Waals surface area contributed by atoms with E-state index in [-0.39, 0.29) is 30.2 Å². The van der Waals surface area contributed by atoms with E-state index in [0.717, 1.165) is 24.0 Å². The summed E-state index contributed by atoms with van der Waals surface area (Å²) >= 11 is 0. The fourth-order valence-electron chi connectivity index (χ4n) is 4.28. The van der Waals surface area contributed by atoms with E-state index >= 15 is 0 Å². The smallest absolute Gasteiger partial charge is 0.254 e. The number of nitrogens with zero attached hydrogens (tertiary/aromatic N) is 2. The second-order valence-electron chi connectivity index (χ2n) is 8.66. The van der Waals surface area contributed by atoms with Crippen molar-refractivity contribution in [1.82, 2.24) is 20.5 Å². The Labute approximate surface area is 204 Å². The van der Waals surface area contributed by atoms with Gasteiger partial charge >= 0.3 is 0 Å². The van der Waals surface area contributed by atoms with E-state index < -0.39 is 0 Å². The molecule has 35 heavy (non-hydrogen) atoms. The summed E-state index contributed by atoms with van der Waals surface area (Å²) in [6.45, 7) is 1.26. The highest BCUT2D eigenvalue weighted by Gasteiger charge is 2.20. The maximum atomic E-state index is 13.2. The highest BCUT2D eigenvalue weighted by Crippen LogP contribution is 2.24. The second-order valence-corrected chi connectivity index (χ2v) is 8.66. The summed E-state index contributed by atoms with van der Waals surface area (Å²) in [5.41, 5.74) is 2.45. The minimum Gasteiger partial charge on any atom is -0.444 e. The third-order valence-corrected chi connectivity index (χ3v) is 6.20. The number of aromatic nitrogens is 1.